The molecule has 1 aliphatic rings. The van der Waals surface area contributed by atoms with Crippen LogP contribution in [0.2, 0.25) is 0 Å². The highest BCUT2D eigenvalue weighted by molar-refractivity contribution is 5.73. The van der Waals surface area contributed by atoms with E-state index in [4.69, 9.17) is 5.11 Å². The number of aliphatic carboxylic acids is 1. The number of hydrogen-bond acceptors (Lipinski definition) is 3. The fraction of sp³-hybridized carbons (Fsp3) is 0.900. The Morgan fingerprint density at radius 2 is 2.29 bits per heavy atom. The summed E-state index contributed by atoms with van der Waals surface area (Å²) in [6.45, 7) is 5.22. The van der Waals surface area contributed by atoms with Gasteiger partial charge in [0.1, 0.15) is 6.04 Å². The van der Waals surface area contributed by atoms with E-state index in [1.165, 1.54) is 0 Å². The van der Waals surface area contributed by atoms with Crippen molar-refractivity contribution in [2.75, 3.05) is 13.1 Å². The molecule has 0 amide bonds. The summed E-state index contributed by atoms with van der Waals surface area (Å²) in [5, 5.41) is 18.5. The van der Waals surface area contributed by atoms with E-state index in [0.29, 0.717) is 25.9 Å². The first-order valence-electron chi connectivity index (χ1n) is 5.21. The van der Waals surface area contributed by atoms with E-state index in [1.54, 1.807) is 0 Å². The number of carboxylic acid groups (broad SMARTS) is 1. The Morgan fingerprint density at radius 3 is 2.71 bits per heavy atom. The minimum absolute atomic E-state index is 0.178. The van der Waals surface area contributed by atoms with Crippen LogP contribution in [0.3, 0.4) is 0 Å². The van der Waals surface area contributed by atoms with Crippen molar-refractivity contribution >= 4 is 5.97 Å². The number of piperidine rings is 1. The van der Waals surface area contributed by atoms with Crippen molar-refractivity contribution in [2.24, 2.45) is 5.92 Å². The maximum absolute atomic E-state index is 10.9. The zero-order valence-electron chi connectivity index (χ0n) is 8.81. The third-order valence-electron chi connectivity index (χ3n) is 3.00. The van der Waals surface area contributed by atoms with Crippen LogP contribution in [0.4, 0.5) is 0 Å². The molecular weight excluding hydrogens is 182 g/mol. The van der Waals surface area contributed by atoms with E-state index < -0.39 is 5.97 Å². The molecule has 4 nitrogen and oxygen atoms in total. The molecule has 1 aliphatic heterocycles. The van der Waals surface area contributed by atoms with Gasteiger partial charge in [-0.1, -0.05) is 13.8 Å². The molecule has 14 heavy (non-hydrogen) atoms. The third-order valence-corrected chi connectivity index (χ3v) is 3.00. The number of hydrogen-bond donors (Lipinski definition) is 2. The van der Waals surface area contributed by atoms with Crippen LogP contribution in [0.15, 0.2) is 0 Å². The highest BCUT2D eigenvalue weighted by Crippen LogP contribution is 2.19. The summed E-state index contributed by atoms with van der Waals surface area (Å²) in [6.07, 6.45) is 1.04. The van der Waals surface area contributed by atoms with E-state index in [-0.39, 0.29) is 18.1 Å². The highest BCUT2D eigenvalue weighted by atomic mass is 16.4. The topological polar surface area (TPSA) is 60.8 Å². The van der Waals surface area contributed by atoms with Crippen LogP contribution >= 0.6 is 0 Å². The van der Waals surface area contributed by atoms with Gasteiger partial charge in [-0.05, 0) is 18.8 Å². The van der Waals surface area contributed by atoms with E-state index in [1.807, 2.05) is 18.7 Å². The first-order chi connectivity index (χ1) is 6.56. The second kappa shape index (κ2) is 4.75. The lowest BCUT2D eigenvalue weighted by Gasteiger charge is -2.37. The van der Waals surface area contributed by atoms with Crippen molar-refractivity contribution in [1.29, 1.82) is 0 Å². The van der Waals surface area contributed by atoms with Crippen LogP contribution in [0, 0.1) is 5.92 Å². The first kappa shape index (κ1) is 11.5. The van der Waals surface area contributed by atoms with Gasteiger partial charge in [-0.2, -0.15) is 0 Å². The normalized spacial score (nSPS) is 31.4. The summed E-state index contributed by atoms with van der Waals surface area (Å²) in [6, 6.07) is -0.384. The van der Waals surface area contributed by atoms with Gasteiger partial charge in [0.2, 0.25) is 0 Å². The molecule has 0 aliphatic carbocycles. The van der Waals surface area contributed by atoms with E-state index in [9.17, 15) is 9.90 Å². The average Bonchev–Trinajstić information content (AvgIpc) is 2.11. The second-order valence-corrected chi connectivity index (χ2v) is 4.09. The van der Waals surface area contributed by atoms with Crippen molar-refractivity contribution in [3.05, 3.63) is 0 Å². The average molecular weight is 201 g/mol. The van der Waals surface area contributed by atoms with Crippen LogP contribution in [0.25, 0.3) is 0 Å². The Labute approximate surface area is 84.5 Å². The zero-order valence-corrected chi connectivity index (χ0v) is 8.81. The molecule has 1 saturated heterocycles. The molecule has 1 heterocycles. The lowest BCUT2D eigenvalue weighted by Crippen LogP contribution is -2.49. The largest absolute Gasteiger partial charge is 0.480 e. The van der Waals surface area contributed by atoms with Crippen molar-refractivity contribution in [2.45, 2.75) is 38.8 Å². The van der Waals surface area contributed by atoms with Gasteiger partial charge < -0.3 is 10.2 Å². The molecule has 0 aromatic rings. The fourth-order valence-corrected chi connectivity index (χ4v) is 2.04. The van der Waals surface area contributed by atoms with Gasteiger partial charge in [-0.3, -0.25) is 9.69 Å². The summed E-state index contributed by atoms with van der Waals surface area (Å²) in [5.74, 6) is -0.576. The Bertz CT molecular complexity index is 208. The Morgan fingerprint density at radius 1 is 1.64 bits per heavy atom. The molecule has 0 unspecified atom stereocenters. The summed E-state index contributed by atoms with van der Waals surface area (Å²) in [5.41, 5.74) is 0. The minimum Gasteiger partial charge on any atom is -0.480 e. The molecule has 0 spiro atoms. The quantitative estimate of drug-likeness (QED) is 0.700. The molecule has 4 heteroatoms. The molecule has 1 fully saturated rings. The number of carboxylic acids is 1. The summed E-state index contributed by atoms with van der Waals surface area (Å²) in [7, 11) is 0. The lowest BCUT2D eigenvalue weighted by atomic mass is 9.95. The maximum Gasteiger partial charge on any atom is 0.320 e. The van der Waals surface area contributed by atoms with Gasteiger partial charge in [0.05, 0.1) is 6.10 Å². The van der Waals surface area contributed by atoms with Crippen molar-refractivity contribution in [3.63, 3.8) is 0 Å². The van der Waals surface area contributed by atoms with E-state index in [2.05, 4.69) is 0 Å². The van der Waals surface area contributed by atoms with Gasteiger partial charge in [0.15, 0.2) is 0 Å². The zero-order chi connectivity index (χ0) is 10.7. The predicted octanol–water partition coefficient (Wildman–Crippen LogP) is 0.552. The number of likely N-dealkylation sites (tertiary alicyclic amines) is 1. The standard InChI is InChI=1S/C10H19NO3/c1-3-8(10(13)14)11-5-4-9(12)7(2)6-11/h7-9,12H,3-6H2,1-2H3,(H,13,14)/t7-,8+,9-/m0/s1. The number of carbonyl (C=O) groups is 1. The van der Waals surface area contributed by atoms with Crippen LogP contribution < -0.4 is 0 Å². The van der Waals surface area contributed by atoms with Gasteiger partial charge in [-0.15, -0.1) is 0 Å². The SMILES string of the molecule is CC[C@H](C(=O)O)N1CC[C@H](O)[C@@H](C)C1. The highest BCUT2D eigenvalue weighted by Gasteiger charge is 2.31. The molecule has 2 N–H and O–H groups in total. The van der Waals surface area contributed by atoms with Gasteiger partial charge in [0.25, 0.3) is 0 Å². The third kappa shape index (κ3) is 2.45. The Balaban J connectivity index is 2.56. The molecule has 3 atom stereocenters. The number of rotatable bonds is 3. The molecule has 0 saturated carbocycles. The Hall–Kier alpha value is -0.610. The number of aliphatic hydroxyl groups excluding tert-OH is 1. The molecule has 0 radical (unpaired) electrons. The van der Waals surface area contributed by atoms with Gasteiger partial charge >= 0.3 is 5.97 Å². The second-order valence-electron chi connectivity index (χ2n) is 4.09. The van der Waals surface area contributed by atoms with Crippen LogP contribution in [0.1, 0.15) is 26.7 Å². The van der Waals surface area contributed by atoms with E-state index >= 15 is 0 Å². The molecule has 82 valence electrons. The first-order valence-corrected chi connectivity index (χ1v) is 5.21. The number of nitrogens with zero attached hydrogens (tertiary/aromatic N) is 1. The van der Waals surface area contributed by atoms with Crippen LogP contribution in [0.5, 0.6) is 0 Å². The van der Waals surface area contributed by atoms with E-state index in [0.717, 1.165) is 0 Å². The fourth-order valence-electron chi connectivity index (χ4n) is 2.04. The van der Waals surface area contributed by atoms with Crippen molar-refractivity contribution < 1.29 is 15.0 Å². The van der Waals surface area contributed by atoms with Crippen LogP contribution in [-0.2, 0) is 4.79 Å². The Kier molecular flexibility index (Phi) is 3.89. The van der Waals surface area contributed by atoms with Gasteiger partial charge in [0, 0.05) is 13.1 Å². The monoisotopic (exact) mass is 201 g/mol. The minimum atomic E-state index is -0.754. The van der Waals surface area contributed by atoms with Crippen molar-refractivity contribution in [3.8, 4) is 0 Å². The summed E-state index contributed by atoms with van der Waals surface area (Å²) < 4.78 is 0. The van der Waals surface area contributed by atoms with Crippen molar-refractivity contribution in [1.82, 2.24) is 4.90 Å². The lowest BCUT2D eigenvalue weighted by molar-refractivity contribution is -0.145. The molecule has 0 aromatic carbocycles. The van der Waals surface area contributed by atoms with Crippen LogP contribution in [-0.4, -0.2) is 46.3 Å². The predicted molar refractivity (Wildman–Crippen MR) is 53.1 cm³/mol. The summed E-state index contributed by atoms with van der Waals surface area (Å²) in [4.78, 5) is 12.9. The van der Waals surface area contributed by atoms with Gasteiger partial charge in [-0.25, -0.2) is 0 Å². The molecular formula is C10H19NO3. The summed E-state index contributed by atoms with van der Waals surface area (Å²) >= 11 is 0. The maximum atomic E-state index is 10.9. The smallest absolute Gasteiger partial charge is 0.320 e. The molecule has 0 bridgehead atoms. The molecule has 1 rings (SSSR count). The molecule has 0 aromatic heterocycles. The number of aliphatic hydroxyl groups is 1.